The minimum absolute atomic E-state index is 0.202. The van der Waals surface area contributed by atoms with Crippen LogP contribution in [0.15, 0.2) is 24.3 Å². The normalized spacial score (nSPS) is 10.3. The number of carbonyl (C=O) groups is 1. The van der Waals surface area contributed by atoms with Crippen LogP contribution in [0.1, 0.15) is 11.6 Å². The lowest BCUT2D eigenvalue weighted by atomic mass is 10.2. The number of aryl methyl sites for hydroxylation is 1. The van der Waals surface area contributed by atoms with E-state index in [4.69, 9.17) is 5.11 Å². The molecule has 1 aromatic carbocycles. The molecule has 104 valence electrons. The maximum Gasteiger partial charge on any atom is 0.311 e. The maximum atomic E-state index is 10.7. The molecule has 0 aliphatic heterocycles. The Kier molecular flexibility index (Phi) is 3.93. The number of anilines is 1. The Morgan fingerprint density at radius 2 is 1.80 bits per heavy atom. The Bertz CT molecular complexity index is 624. The van der Waals surface area contributed by atoms with Crippen LogP contribution >= 0.6 is 0 Å². The third-order valence-corrected chi connectivity index (χ3v) is 2.74. The molecule has 1 N–H and O–H groups in total. The van der Waals surface area contributed by atoms with Gasteiger partial charge in [-0.1, -0.05) is 0 Å². The number of carboxylic acid groups (broad SMARTS) is 1. The van der Waals surface area contributed by atoms with Gasteiger partial charge in [-0.25, -0.2) is 15.0 Å². The molecule has 2 aromatic rings. The quantitative estimate of drug-likeness (QED) is 0.909. The second-order valence-electron chi connectivity index (χ2n) is 4.63. The van der Waals surface area contributed by atoms with Crippen LogP contribution < -0.4 is 4.90 Å². The summed E-state index contributed by atoms with van der Waals surface area (Å²) in [7, 11) is 3.93. The Morgan fingerprint density at radius 1 is 1.15 bits per heavy atom. The van der Waals surface area contributed by atoms with Crippen LogP contribution in [-0.4, -0.2) is 40.1 Å². The van der Waals surface area contributed by atoms with Gasteiger partial charge in [-0.2, -0.15) is 0 Å². The second kappa shape index (κ2) is 5.64. The van der Waals surface area contributed by atoms with Gasteiger partial charge in [-0.15, -0.1) is 0 Å². The van der Waals surface area contributed by atoms with Gasteiger partial charge < -0.3 is 10.0 Å². The smallest absolute Gasteiger partial charge is 0.311 e. The van der Waals surface area contributed by atoms with Crippen molar-refractivity contribution in [3.63, 3.8) is 0 Å². The molecule has 0 spiro atoms. The van der Waals surface area contributed by atoms with Gasteiger partial charge in [0.25, 0.3) is 0 Å². The zero-order valence-electron chi connectivity index (χ0n) is 11.7. The number of carboxylic acids is 1. The van der Waals surface area contributed by atoms with Crippen molar-refractivity contribution in [1.82, 2.24) is 15.0 Å². The highest BCUT2D eigenvalue weighted by atomic mass is 16.4. The van der Waals surface area contributed by atoms with E-state index in [1.807, 2.05) is 43.3 Å². The van der Waals surface area contributed by atoms with Crippen LogP contribution in [0, 0.1) is 6.92 Å². The number of aliphatic carboxylic acids is 1. The highest BCUT2D eigenvalue weighted by Gasteiger charge is 2.09. The van der Waals surface area contributed by atoms with E-state index in [9.17, 15) is 4.79 Å². The van der Waals surface area contributed by atoms with Gasteiger partial charge in [0, 0.05) is 25.3 Å². The molecule has 0 unspecified atom stereocenters. The molecule has 6 heteroatoms. The molecule has 0 fully saturated rings. The van der Waals surface area contributed by atoms with Crippen molar-refractivity contribution in [2.45, 2.75) is 13.3 Å². The molecular weight excluding hydrogens is 256 g/mol. The lowest BCUT2D eigenvalue weighted by Gasteiger charge is -2.12. The average Bonchev–Trinajstić information content (AvgIpc) is 2.37. The largest absolute Gasteiger partial charge is 0.481 e. The minimum Gasteiger partial charge on any atom is -0.481 e. The second-order valence-corrected chi connectivity index (χ2v) is 4.63. The van der Waals surface area contributed by atoms with E-state index >= 15 is 0 Å². The predicted octanol–water partition coefficient (Wildman–Crippen LogP) is 1.54. The number of hydrogen-bond acceptors (Lipinski definition) is 5. The van der Waals surface area contributed by atoms with Gasteiger partial charge in [0.2, 0.25) is 0 Å². The van der Waals surface area contributed by atoms with Gasteiger partial charge in [0.15, 0.2) is 5.82 Å². The molecule has 0 saturated heterocycles. The summed E-state index contributed by atoms with van der Waals surface area (Å²) in [5, 5.41) is 8.81. The highest BCUT2D eigenvalue weighted by molar-refractivity contribution is 5.69. The molecule has 0 aliphatic carbocycles. The molecule has 0 radical (unpaired) electrons. The van der Waals surface area contributed by atoms with Gasteiger partial charge in [0.1, 0.15) is 18.1 Å². The standard InChI is InChI=1S/C14H16N4O2/c1-9-15-12(8-13(19)20)17-14(16-9)10-4-6-11(7-5-10)18(2)3/h4-7H,8H2,1-3H3,(H,19,20). The Hall–Kier alpha value is -2.50. The summed E-state index contributed by atoms with van der Waals surface area (Å²) >= 11 is 0. The van der Waals surface area contributed by atoms with Crippen molar-refractivity contribution in [1.29, 1.82) is 0 Å². The molecular formula is C14H16N4O2. The Morgan fingerprint density at radius 3 is 2.35 bits per heavy atom. The first-order valence-corrected chi connectivity index (χ1v) is 6.17. The molecule has 0 atom stereocenters. The maximum absolute atomic E-state index is 10.7. The van der Waals surface area contributed by atoms with E-state index in [-0.39, 0.29) is 12.2 Å². The summed E-state index contributed by atoms with van der Waals surface area (Å²) in [6.07, 6.45) is -0.202. The van der Waals surface area contributed by atoms with Crippen molar-refractivity contribution in [2.75, 3.05) is 19.0 Å². The molecule has 0 bridgehead atoms. The molecule has 0 aliphatic rings. The Balaban J connectivity index is 2.36. The summed E-state index contributed by atoms with van der Waals surface area (Å²) in [6.45, 7) is 1.73. The number of nitrogens with zero attached hydrogens (tertiary/aromatic N) is 4. The van der Waals surface area contributed by atoms with E-state index in [1.165, 1.54) is 0 Å². The monoisotopic (exact) mass is 272 g/mol. The molecule has 2 rings (SSSR count). The van der Waals surface area contributed by atoms with Gasteiger partial charge in [-0.3, -0.25) is 4.79 Å². The molecule has 0 saturated carbocycles. The van der Waals surface area contributed by atoms with Gasteiger partial charge in [0.05, 0.1) is 0 Å². The summed E-state index contributed by atoms with van der Waals surface area (Å²) in [5.74, 6) is 0.336. The molecule has 1 aromatic heterocycles. The first-order chi connectivity index (χ1) is 9.45. The van der Waals surface area contributed by atoms with Crippen LogP contribution in [0.2, 0.25) is 0 Å². The first kappa shape index (κ1) is 13.9. The van der Waals surface area contributed by atoms with Crippen LogP contribution in [0.3, 0.4) is 0 Å². The summed E-state index contributed by atoms with van der Waals surface area (Å²) in [4.78, 5) is 25.2. The van der Waals surface area contributed by atoms with E-state index in [2.05, 4.69) is 15.0 Å². The fourth-order valence-corrected chi connectivity index (χ4v) is 1.79. The number of hydrogen-bond donors (Lipinski definition) is 1. The summed E-state index contributed by atoms with van der Waals surface area (Å²) in [5.41, 5.74) is 1.91. The third-order valence-electron chi connectivity index (χ3n) is 2.74. The van der Waals surface area contributed by atoms with Gasteiger partial charge in [-0.05, 0) is 31.2 Å². The summed E-state index contributed by atoms with van der Waals surface area (Å²) < 4.78 is 0. The predicted molar refractivity (Wildman–Crippen MR) is 75.7 cm³/mol. The molecule has 0 amide bonds. The SMILES string of the molecule is Cc1nc(CC(=O)O)nc(-c2ccc(N(C)C)cc2)n1. The van der Waals surface area contributed by atoms with E-state index in [1.54, 1.807) is 6.92 Å². The van der Waals surface area contributed by atoms with Crippen LogP contribution in [0.5, 0.6) is 0 Å². The number of rotatable bonds is 4. The molecule has 20 heavy (non-hydrogen) atoms. The van der Waals surface area contributed by atoms with Crippen molar-refractivity contribution in [3.8, 4) is 11.4 Å². The van der Waals surface area contributed by atoms with Crippen molar-refractivity contribution in [3.05, 3.63) is 35.9 Å². The van der Waals surface area contributed by atoms with Crippen molar-refractivity contribution >= 4 is 11.7 Å². The van der Waals surface area contributed by atoms with Crippen LogP contribution in [0.4, 0.5) is 5.69 Å². The third kappa shape index (κ3) is 3.28. The van der Waals surface area contributed by atoms with Crippen molar-refractivity contribution < 1.29 is 9.90 Å². The number of aromatic nitrogens is 3. The van der Waals surface area contributed by atoms with Crippen LogP contribution in [0.25, 0.3) is 11.4 Å². The fourth-order valence-electron chi connectivity index (χ4n) is 1.79. The highest BCUT2D eigenvalue weighted by Crippen LogP contribution is 2.19. The molecule has 1 heterocycles. The topological polar surface area (TPSA) is 79.2 Å². The van der Waals surface area contributed by atoms with E-state index in [0.29, 0.717) is 11.6 Å². The number of benzene rings is 1. The van der Waals surface area contributed by atoms with E-state index in [0.717, 1.165) is 11.3 Å². The zero-order valence-corrected chi connectivity index (χ0v) is 11.7. The van der Waals surface area contributed by atoms with E-state index < -0.39 is 5.97 Å². The summed E-state index contributed by atoms with van der Waals surface area (Å²) in [6, 6.07) is 7.75. The van der Waals surface area contributed by atoms with Crippen molar-refractivity contribution in [2.24, 2.45) is 0 Å². The zero-order chi connectivity index (χ0) is 14.7. The molecule has 6 nitrogen and oxygen atoms in total. The first-order valence-electron chi connectivity index (χ1n) is 6.17. The Labute approximate surface area is 117 Å². The average molecular weight is 272 g/mol. The lowest BCUT2D eigenvalue weighted by Crippen LogP contribution is -2.09. The van der Waals surface area contributed by atoms with Gasteiger partial charge >= 0.3 is 5.97 Å². The lowest BCUT2D eigenvalue weighted by molar-refractivity contribution is -0.136. The minimum atomic E-state index is -0.954. The fraction of sp³-hybridized carbons (Fsp3) is 0.286. The van der Waals surface area contributed by atoms with Crippen LogP contribution in [-0.2, 0) is 11.2 Å².